The van der Waals surface area contributed by atoms with E-state index in [4.69, 9.17) is 9.11 Å². The second kappa shape index (κ2) is 4.31. The van der Waals surface area contributed by atoms with Crippen LogP contribution in [0.15, 0.2) is 28.0 Å². The molecule has 106 valence electrons. The molecule has 8 nitrogen and oxygen atoms in total. The zero-order valence-corrected chi connectivity index (χ0v) is 11.1. The predicted molar refractivity (Wildman–Crippen MR) is 65.1 cm³/mol. The van der Waals surface area contributed by atoms with Crippen molar-refractivity contribution in [3.05, 3.63) is 34.2 Å². The molecule has 1 aliphatic rings. The van der Waals surface area contributed by atoms with Gasteiger partial charge in [0.15, 0.2) is 0 Å². The average molecular weight is 318 g/mol. The number of carbonyl (C=O) groups is 2. The van der Waals surface area contributed by atoms with Crippen molar-refractivity contribution in [1.29, 1.82) is 0 Å². The van der Waals surface area contributed by atoms with Crippen LogP contribution in [-0.2, 0) is 25.0 Å². The van der Waals surface area contributed by atoms with Gasteiger partial charge in [-0.25, -0.2) is 0 Å². The van der Waals surface area contributed by atoms with Crippen LogP contribution in [-0.4, -0.2) is 37.5 Å². The summed E-state index contributed by atoms with van der Waals surface area (Å²) in [4.78, 5) is 21.4. The van der Waals surface area contributed by atoms with E-state index in [1.165, 1.54) is 0 Å². The molecular weight excluding hydrogens is 312 g/mol. The van der Waals surface area contributed by atoms with Crippen LogP contribution in [0, 0.1) is 0 Å². The van der Waals surface area contributed by atoms with Crippen LogP contribution in [0.4, 0.5) is 0 Å². The standard InChI is InChI=1S/C10H6O8S2/c11-9-7-2-1-6(19(13,14)15)3-5(7)4-8(10(9)12)20(16,17)18/h1-4H,(H,13,14,15)(H,16,17,18). The Morgan fingerprint density at radius 1 is 0.850 bits per heavy atom. The monoisotopic (exact) mass is 318 g/mol. The van der Waals surface area contributed by atoms with Crippen molar-refractivity contribution in [3.63, 3.8) is 0 Å². The zero-order valence-electron chi connectivity index (χ0n) is 9.47. The smallest absolute Gasteiger partial charge is 0.285 e. The van der Waals surface area contributed by atoms with E-state index in [1.807, 2.05) is 0 Å². The first kappa shape index (κ1) is 14.5. The molecule has 10 heteroatoms. The van der Waals surface area contributed by atoms with Gasteiger partial charge in [0, 0.05) is 5.56 Å². The summed E-state index contributed by atoms with van der Waals surface area (Å²) in [6.45, 7) is 0. The third-order valence-corrected chi connectivity index (χ3v) is 4.27. The summed E-state index contributed by atoms with van der Waals surface area (Å²) >= 11 is 0. The van der Waals surface area contributed by atoms with Gasteiger partial charge in [-0.2, -0.15) is 16.8 Å². The number of hydrogen-bond acceptors (Lipinski definition) is 6. The molecule has 2 rings (SSSR count). The molecule has 20 heavy (non-hydrogen) atoms. The second-order valence-corrected chi connectivity index (χ2v) is 6.68. The third-order valence-electron chi connectivity index (χ3n) is 2.56. The molecule has 0 saturated heterocycles. The number of ketones is 2. The summed E-state index contributed by atoms with van der Waals surface area (Å²) in [6, 6.07) is 2.68. The molecule has 0 spiro atoms. The first-order chi connectivity index (χ1) is 9.01. The van der Waals surface area contributed by atoms with Crippen molar-refractivity contribution in [2.45, 2.75) is 4.90 Å². The summed E-state index contributed by atoms with van der Waals surface area (Å²) in [5.74, 6) is -2.61. The van der Waals surface area contributed by atoms with Crippen LogP contribution in [0.3, 0.4) is 0 Å². The molecule has 0 aliphatic heterocycles. The lowest BCUT2D eigenvalue weighted by Gasteiger charge is -2.13. The van der Waals surface area contributed by atoms with Crippen LogP contribution >= 0.6 is 0 Å². The van der Waals surface area contributed by atoms with E-state index in [1.54, 1.807) is 0 Å². The molecule has 0 radical (unpaired) electrons. The van der Waals surface area contributed by atoms with Gasteiger partial charge in [-0.05, 0) is 29.8 Å². The predicted octanol–water partition coefficient (Wildman–Crippen LogP) is -0.0726. The minimum atomic E-state index is -4.92. The Morgan fingerprint density at radius 3 is 1.95 bits per heavy atom. The van der Waals surface area contributed by atoms with Crippen molar-refractivity contribution in [2.75, 3.05) is 0 Å². The molecule has 0 heterocycles. The third kappa shape index (κ3) is 2.41. The van der Waals surface area contributed by atoms with Gasteiger partial charge in [0.25, 0.3) is 20.2 Å². The van der Waals surface area contributed by atoms with E-state index in [-0.39, 0.29) is 11.1 Å². The Balaban J connectivity index is 2.78. The highest BCUT2D eigenvalue weighted by Gasteiger charge is 2.34. The first-order valence-corrected chi connectivity index (χ1v) is 7.79. The van der Waals surface area contributed by atoms with Gasteiger partial charge in [-0.1, -0.05) is 0 Å². The van der Waals surface area contributed by atoms with Crippen molar-refractivity contribution in [2.24, 2.45) is 0 Å². The molecule has 0 aromatic heterocycles. The molecular formula is C10H6O8S2. The molecule has 0 saturated carbocycles. The highest BCUT2D eigenvalue weighted by molar-refractivity contribution is 7.91. The molecule has 1 aliphatic carbocycles. The molecule has 0 fully saturated rings. The maximum Gasteiger partial charge on any atom is 0.298 e. The summed E-state index contributed by atoms with van der Waals surface area (Å²) in [7, 11) is -9.48. The van der Waals surface area contributed by atoms with E-state index in [9.17, 15) is 26.4 Å². The molecule has 1 aromatic rings. The lowest BCUT2D eigenvalue weighted by Crippen LogP contribution is -2.25. The van der Waals surface area contributed by atoms with E-state index in [0.717, 1.165) is 18.2 Å². The van der Waals surface area contributed by atoms with Crippen molar-refractivity contribution >= 4 is 37.9 Å². The number of fused-ring (bicyclic) bond motifs is 1. The van der Waals surface area contributed by atoms with Crippen LogP contribution in [0.25, 0.3) is 6.08 Å². The van der Waals surface area contributed by atoms with Gasteiger partial charge in [-0.3, -0.25) is 18.7 Å². The summed E-state index contributed by atoms with van der Waals surface area (Å²) in [5.41, 5.74) is -0.438. The van der Waals surface area contributed by atoms with Gasteiger partial charge in [-0.15, -0.1) is 0 Å². The fourth-order valence-electron chi connectivity index (χ4n) is 1.66. The Kier molecular flexibility index (Phi) is 3.13. The Hall–Kier alpha value is -1.88. The average Bonchev–Trinajstić information content (AvgIpc) is 2.30. The van der Waals surface area contributed by atoms with Crippen LogP contribution in [0.1, 0.15) is 15.9 Å². The Bertz CT molecular complexity index is 874. The van der Waals surface area contributed by atoms with Crippen molar-refractivity contribution in [1.82, 2.24) is 0 Å². The van der Waals surface area contributed by atoms with E-state index >= 15 is 0 Å². The first-order valence-electron chi connectivity index (χ1n) is 4.91. The lowest BCUT2D eigenvalue weighted by atomic mass is 9.95. The largest absolute Gasteiger partial charge is 0.298 e. The fraction of sp³-hybridized carbons (Fsp3) is 0. The molecule has 0 unspecified atom stereocenters. The molecule has 0 amide bonds. The quantitative estimate of drug-likeness (QED) is 0.569. The van der Waals surface area contributed by atoms with E-state index in [0.29, 0.717) is 6.08 Å². The van der Waals surface area contributed by atoms with Crippen LogP contribution in [0.5, 0.6) is 0 Å². The highest BCUT2D eigenvalue weighted by atomic mass is 32.2. The van der Waals surface area contributed by atoms with Gasteiger partial charge >= 0.3 is 0 Å². The van der Waals surface area contributed by atoms with Gasteiger partial charge in [0.05, 0.1) is 4.90 Å². The minimum Gasteiger partial charge on any atom is -0.285 e. The van der Waals surface area contributed by atoms with Crippen LogP contribution in [0.2, 0.25) is 0 Å². The molecule has 0 bridgehead atoms. The minimum absolute atomic E-state index is 0.211. The van der Waals surface area contributed by atoms with Crippen molar-refractivity contribution in [3.8, 4) is 0 Å². The summed E-state index contributed by atoms with van der Waals surface area (Å²) in [5, 5.41) is 0. The normalized spacial score (nSPS) is 15.8. The topological polar surface area (TPSA) is 143 Å². The second-order valence-electron chi connectivity index (χ2n) is 3.87. The number of hydrogen-bond donors (Lipinski definition) is 2. The molecule has 1 aromatic carbocycles. The maximum absolute atomic E-state index is 11.7. The zero-order chi connectivity index (χ0) is 15.3. The van der Waals surface area contributed by atoms with Crippen LogP contribution < -0.4 is 0 Å². The Morgan fingerprint density at radius 2 is 1.45 bits per heavy atom. The van der Waals surface area contributed by atoms with E-state index < -0.39 is 41.6 Å². The van der Waals surface area contributed by atoms with Gasteiger partial charge in [0.2, 0.25) is 11.6 Å². The number of allylic oxidation sites excluding steroid dienone is 1. The van der Waals surface area contributed by atoms with Gasteiger partial charge in [0.1, 0.15) is 4.91 Å². The number of benzene rings is 1. The highest BCUT2D eigenvalue weighted by Crippen LogP contribution is 2.26. The van der Waals surface area contributed by atoms with E-state index in [2.05, 4.69) is 0 Å². The molecule has 2 N–H and O–H groups in total. The lowest BCUT2D eigenvalue weighted by molar-refractivity contribution is -0.111. The number of rotatable bonds is 2. The summed E-state index contributed by atoms with van der Waals surface area (Å²) in [6.07, 6.45) is 0.670. The number of carbonyl (C=O) groups excluding carboxylic acids is 2. The SMILES string of the molecule is O=C1C(=O)c2ccc(S(=O)(=O)O)cc2C=C1S(=O)(=O)O. The molecule has 0 atom stereocenters. The summed E-state index contributed by atoms with van der Waals surface area (Å²) < 4.78 is 61.6. The maximum atomic E-state index is 11.7. The van der Waals surface area contributed by atoms with Gasteiger partial charge < -0.3 is 0 Å². The Labute approximate surface area is 113 Å². The van der Waals surface area contributed by atoms with Crippen molar-refractivity contribution < 1.29 is 35.5 Å². The number of Topliss-reactive ketones (excluding diaryl/α,β-unsaturated/α-hetero) is 2. The fourth-order valence-corrected chi connectivity index (χ4v) is 2.78.